The predicted molar refractivity (Wildman–Crippen MR) is 81.5 cm³/mol. The Morgan fingerprint density at radius 3 is 2.39 bits per heavy atom. The van der Waals surface area contributed by atoms with Gasteiger partial charge in [-0.15, -0.1) is 0 Å². The van der Waals surface area contributed by atoms with E-state index in [0.717, 1.165) is 28.6 Å². The fourth-order valence-electron chi connectivity index (χ4n) is 2.02. The van der Waals surface area contributed by atoms with Crippen molar-refractivity contribution in [2.45, 2.75) is 40.2 Å². The van der Waals surface area contributed by atoms with E-state index >= 15 is 0 Å². The summed E-state index contributed by atoms with van der Waals surface area (Å²) in [6.07, 6.45) is 1.11. The predicted octanol–water partition coefficient (Wildman–Crippen LogP) is 5.33. The van der Waals surface area contributed by atoms with Crippen LogP contribution in [0.15, 0.2) is 18.2 Å². The van der Waals surface area contributed by atoms with Crippen molar-refractivity contribution in [1.82, 2.24) is 5.32 Å². The lowest BCUT2D eigenvalue weighted by Crippen LogP contribution is -2.30. The zero-order chi connectivity index (χ0) is 13.7. The van der Waals surface area contributed by atoms with Crippen LogP contribution in [0.4, 0.5) is 0 Å². The molecule has 0 aliphatic rings. The van der Waals surface area contributed by atoms with Gasteiger partial charge < -0.3 is 5.32 Å². The fourth-order valence-corrected chi connectivity index (χ4v) is 2.43. The summed E-state index contributed by atoms with van der Waals surface area (Å²) in [5, 5.41) is 5.13. The molecule has 2 atom stereocenters. The third kappa shape index (κ3) is 4.15. The van der Waals surface area contributed by atoms with Crippen LogP contribution in [0, 0.1) is 11.8 Å². The summed E-state index contributed by atoms with van der Waals surface area (Å²) < 4.78 is 0. The standard InChI is InChI=1S/C15H23Cl2N/c1-5-8-18-15(11(4)10(2)3)13-9-12(16)6-7-14(13)17/h6-7,9-11,15,18H,5,8H2,1-4H3. The minimum atomic E-state index is 0.260. The first-order valence-electron chi connectivity index (χ1n) is 6.65. The molecule has 0 spiro atoms. The first kappa shape index (κ1) is 15.8. The van der Waals surface area contributed by atoms with Crippen molar-refractivity contribution in [1.29, 1.82) is 0 Å². The molecule has 0 saturated carbocycles. The first-order chi connectivity index (χ1) is 8.47. The van der Waals surface area contributed by atoms with Gasteiger partial charge in [0.05, 0.1) is 0 Å². The Morgan fingerprint density at radius 2 is 1.83 bits per heavy atom. The van der Waals surface area contributed by atoms with Crippen molar-refractivity contribution in [2.24, 2.45) is 11.8 Å². The summed E-state index contributed by atoms with van der Waals surface area (Å²) >= 11 is 12.4. The molecule has 0 bridgehead atoms. The molecule has 2 unspecified atom stereocenters. The summed E-state index contributed by atoms with van der Waals surface area (Å²) in [6, 6.07) is 5.96. The third-order valence-electron chi connectivity index (χ3n) is 3.48. The summed E-state index contributed by atoms with van der Waals surface area (Å²) in [5.74, 6) is 1.10. The quantitative estimate of drug-likeness (QED) is 0.746. The number of nitrogens with one attached hydrogen (secondary N) is 1. The van der Waals surface area contributed by atoms with Gasteiger partial charge in [-0.3, -0.25) is 0 Å². The van der Waals surface area contributed by atoms with E-state index in [4.69, 9.17) is 23.2 Å². The van der Waals surface area contributed by atoms with Crippen LogP contribution in [0.5, 0.6) is 0 Å². The van der Waals surface area contributed by atoms with E-state index in [1.807, 2.05) is 18.2 Å². The van der Waals surface area contributed by atoms with Crippen LogP contribution in [-0.2, 0) is 0 Å². The molecule has 18 heavy (non-hydrogen) atoms. The highest BCUT2D eigenvalue weighted by atomic mass is 35.5. The number of benzene rings is 1. The Kier molecular flexibility index (Phi) is 6.48. The van der Waals surface area contributed by atoms with E-state index in [2.05, 4.69) is 33.0 Å². The second-order valence-corrected chi connectivity index (χ2v) is 6.04. The lowest BCUT2D eigenvalue weighted by Gasteiger charge is -2.29. The summed E-state index contributed by atoms with van der Waals surface area (Å²) in [4.78, 5) is 0. The van der Waals surface area contributed by atoms with Crippen molar-refractivity contribution < 1.29 is 0 Å². The van der Waals surface area contributed by atoms with Crippen molar-refractivity contribution in [3.8, 4) is 0 Å². The molecular weight excluding hydrogens is 265 g/mol. The summed E-state index contributed by atoms with van der Waals surface area (Å²) in [7, 11) is 0. The first-order valence-corrected chi connectivity index (χ1v) is 7.41. The highest BCUT2D eigenvalue weighted by Gasteiger charge is 2.23. The minimum absolute atomic E-state index is 0.260. The molecule has 3 heteroatoms. The molecule has 1 nitrogen and oxygen atoms in total. The second-order valence-electron chi connectivity index (χ2n) is 5.20. The number of halogens is 2. The van der Waals surface area contributed by atoms with Gasteiger partial charge in [-0.2, -0.15) is 0 Å². The molecule has 0 aliphatic heterocycles. The van der Waals surface area contributed by atoms with E-state index in [9.17, 15) is 0 Å². The van der Waals surface area contributed by atoms with Crippen molar-refractivity contribution in [3.63, 3.8) is 0 Å². The lowest BCUT2D eigenvalue weighted by molar-refractivity contribution is 0.304. The van der Waals surface area contributed by atoms with Crippen LogP contribution in [0.2, 0.25) is 10.0 Å². The Balaban J connectivity index is 3.04. The minimum Gasteiger partial charge on any atom is -0.310 e. The second kappa shape index (κ2) is 7.37. The molecule has 0 fully saturated rings. The van der Waals surface area contributed by atoms with E-state index in [-0.39, 0.29) is 6.04 Å². The van der Waals surface area contributed by atoms with Gasteiger partial charge in [0.15, 0.2) is 0 Å². The van der Waals surface area contributed by atoms with Crippen LogP contribution in [0.3, 0.4) is 0 Å². The molecule has 0 aliphatic carbocycles. The Bertz CT molecular complexity index is 377. The van der Waals surface area contributed by atoms with Crippen LogP contribution in [0.25, 0.3) is 0 Å². The number of hydrogen-bond donors (Lipinski definition) is 1. The zero-order valence-electron chi connectivity index (χ0n) is 11.6. The molecule has 0 saturated heterocycles. The maximum absolute atomic E-state index is 6.32. The fraction of sp³-hybridized carbons (Fsp3) is 0.600. The molecule has 1 N–H and O–H groups in total. The Hall–Kier alpha value is -0.240. The molecule has 0 aromatic heterocycles. The van der Waals surface area contributed by atoms with Crippen LogP contribution >= 0.6 is 23.2 Å². The van der Waals surface area contributed by atoms with E-state index < -0.39 is 0 Å². The van der Waals surface area contributed by atoms with Crippen LogP contribution in [0.1, 0.15) is 45.7 Å². The largest absolute Gasteiger partial charge is 0.310 e. The van der Waals surface area contributed by atoms with Gasteiger partial charge in [0.1, 0.15) is 0 Å². The third-order valence-corrected chi connectivity index (χ3v) is 4.06. The molecule has 1 rings (SSSR count). The van der Waals surface area contributed by atoms with E-state index in [1.54, 1.807) is 0 Å². The average Bonchev–Trinajstić information content (AvgIpc) is 2.33. The number of hydrogen-bond acceptors (Lipinski definition) is 1. The van der Waals surface area contributed by atoms with Gasteiger partial charge in [0.25, 0.3) is 0 Å². The lowest BCUT2D eigenvalue weighted by atomic mass is 9.86. The van der Waals surface area contributed by atoms with Crippen molar-refractivity contribution >= 4 is 23.2 Å². The van der Waals surface area contributed by atoms with Gasteiger partial charge >= 0.3 is 0 Å². The monoisotopic (exact) mass is 287 g/mol. The van der Waals surface area contributed by atoms with Gasteiger partial charge in [-0.1, -0.05) is 50.9 Å². The maximum Gasteiger partial charge on any atom is 0.0454 e. The average molecular weight is 288 g/mol. The summed E-state index contributed by atoms with van der Waals surface area (Å²) in [5.41, 5.74) is 1.11. The Morgan fingerprint density at radius 1 is 1.17 bits per heavy atom. The zero-order valence-corrected chi connectivity index (χ0v) is 13.1. The molecule has 1 aromatic rings. The summed E-state index contributed by atoms with van der Waals surface area (Å²) in [6.45, 7) is 9.90. The van der Waals surface area contributed by atoms with Gasteiger partial charge in [-0.05, 0) is 48.6 Å². The topological polar surface area (TPSA) is 12.0 Å². The van der Waals surface area contributed by atoms with Crippen molar-refractivity contribution in [3.05, 3.63) is 33.8 Å². The van der Waals surface area contributed by atoms with Crippen LogP contribution in [-0.4, -0.2) is 6.54 Å². The number of rotatable bonds is 6. The van der Waals surface area contributed by atoms with E-state index in [1.165, 1.54) is 0 Å². The molecule has 0 radical (unpaired) electrons. The SMILES string of the molecule is CCCNC(c1cc(Cl)ccc1Cl)C(C)C(C)C. The smallest absolute Gasteiger partial charge is 0.0454 e. The highest BCUT2D eigenvalue weighted by Crippen LogP contribution is 2.33. The maximum atomic E-state index is 6.32. The molecule has 1 aromatic carbocycles. The van der Waals surface area contributed by atoms with Crippen LogP contribution < -0.4 is 5.32 Å². The molecular formula is C15H23Cl2N. The Labute approximate surface area is 121 Å². The van der Waals surface area contributed by atoms with E-state index in [0.29, 0.717) is 11.8 Å². The normalized spacial score (nSPS) is 14.8. The van der Waals surface area contributed by atoms with Gasteiger partial charge in [0, 0.05) is 16.1 Å². The van der Waals surface area contributed by atoms with Gasteiger partial charge in [-0.25, -0.2) is 0 Å². The van der Waals surface area contributed by atoms with Crippen molar-refractivity contribution in [2.75, 3.05) is 6.54 Å². The molecule has 0 amide bonds. The highest BCUT2D eigenvalue weighted by molar-refractivity contribution is 6.33. The van der Waals surface area contributed by atoms with Gasteiger partial charge in [0.2, 0.25) is 0 Å². The molecule has 102 valence electrons. The molecule has 0 heterocycles.